The van der Waals surface area contributed by atoms with Crippen LogP contribution in [-0.2, 0) is 16.0 Å². The number of ether oxygens (including phenoxy) is 1. The van der Waals surface area contributed by atoms with Crippen LogP contribution in [0.2, 0.25) is 0 Å². The summed E-state index contributed by atoms with van der Waals surface area (Å²) < 4.78 is 4.69. The SMILES string of the molecule is COC(=O)NC(C(=O)NCCCCc1ncc(-c2ccc3nc(-c4ccc(C(=O)NCC5CCCN5C)cc4)ccc3c2)[nH]1)c1ccccc1. The van der Waals surface area contributed by atoms with Crippen LogP contribution in [0.3, 0.4) is 0 Å². The topological polar surface area (TPSA) is 141 Å². The Hall–Kier alpha value is -5.55. The third-order valence-corrected chi connectivity index (χ3v) is 9.22. The van der Waals surface area contributed by atoms with E-state index in [9.17, 15) is 14.4 Å². The van der Waals surface area contributed by atoms with E-state index in [0.717, 1.165) is 71.5 Å². The zero-order valence-corrected chi connectivity index (χ0v) is 28.4. The molecule has 258 valence electrons. The van der Waals surface area contributed by atoms with Gasteiger partial charge in [0.25, 0.3) is 5.91 Å². The average Bonchev–Trinajstić information content (AvgIpc) is 3.81. The normalized spacial score (nSPS) is 15.0. The highest BCUT2D eigenvalue weighted by atomic mass is 16.5. The van der Waals surface area contributed by atoms with Crippen molar-refractivity contribution in [2.75, 3.05) is 33.8 Å². The number of methoxy groups -OCH3 is 1. The Balaban J connectivity index is 0.994. The van der Waals surface area contributed by atoms with Gasteiger partial charge in [-0.25, -0.2) is 14.8 Å². The molecule has 0 saturated carbocycles. The van der Waals surface area contributed by atoms with E-state index >= 15 is 0 Å². The number of hydrogen-bond acceptors (Lipinski definition) is 7. The number of hydrogen-bond donors (Lipinski definition) is 4. The van der Waals surface area contributed by atoms with Crippen molar-refractivity contribution in [2.24, 2.45) is 0 Å². The fraction of sp³-hybridized carbons (Fsp3) is 0.308. The Bertz CT molecular complexity index is 1930. The molecule has 1 saturated heterocycles. The molecule has 50 heavy (non-hydrogen) atoms. The number of likely N-dealkylation sites (N-methyl/N-ethyl adjacent to an activating group) is 1. The van der Waals surface area contributed by atoms with Crippen molar-refractivity contribution in [3.8, 4) is 22.5 Å². The number of carbonyl (C=O) groups is 3. The number of amides is 3. The number of fused-ring (bicyclic) bond motifs is 1. The van der Waals surface area contributed by atoms with Gasteiger partial charge in [0.15, 0.2) is 0 Å². The van der Waals surface area contributed by atoms with E-state index in [2.05, 4.69) is 50.0 Å². The maximum Gasteiger partial charge on any atom is 0.407 e. The molecule has 2 atom stereocenters. The van der Waals surface area contributed by atoms with Gasteiger partial charge in [0.1, 0.15) is 11.9 Å². The van der Waals surface area contributed by atoms with Gasteiger partial charge >= 0.3 is 6.09 Å². The van der Waals surface area contributed by atoms with E-state index < -0.39 is 12.1 Å². The summed E-state index contributed by atoms with van der Waals surface area (Å²) in [5, 5.41) is 9.61. The van der Waals surface area contributed by atoms with Gasteiger partial charge in [-0.15, -0.1) is 0 Å². The molecule has 1 aliphatic heterocycles. The summed E-state index contributed by atoms with van der Waals surface area (Å²) in [4.78, 5) is 52.5. The fourth-order valence-corrected chi connectivity index (χ4v) is 6.29. The second kappa shape index (κ2) is 16.2. The summed E-state index contributed by atoms with van der Waals surface area (Å²) in [5.74, 6) is 0.531. The Morgan fingerprint density at radius 2 is 1.76 bits per heavy atom. The van der Waals surface area contributed by atoms with Crippen LogP contribution in [0.25, 0.3) is 33.4 Å². The van der Waals surface area contributed by atoms with Crippen LogP contribution in [0, 0.1) is 0 Å². The first kappa shape index (κ1) is 34.3. The van der Waals surface area contributed by atoms with Crippen molar-refractivity contribution < 1.29 is 19.1 Å². The van der Waals surface area contributed by atoms with Crippen LogP contribution in [0.15, 0.2) is 91.1 Å². The number of imidazole rings is 1. The van der Waals surface area contributed by atoms with E-state index in [1.165, 1.54) is 13.5 Å². The molecule has 2 unspecified atom stereocenters. The summed E-state index contributed by atoms with van der Waals surface area (Å²) in [7, 11) is 3.38. The number of aromatic nitrogens is 3. The van der Waals surface area contributed by atoms with E-state index in [-0.39, 0.29) is 11.8 Å². The van der Waals surface area contributed by atoms with Crippen molar-refractivity contribution in [1.82, 2.24) is 35.8 Å². The number of carbonyl (C=O) groups excluding carboxylic acids is 3. The Labute approximate surface area is 291 Å². The van der Waals surface area contributed by atoms with Gasteiger partial charge in [-0.1, -0.05) is 54.6 Å². The van der Waals surface area contributed by atoms with Crippen molar-refractivity contribution in [3.05, 3.63) is 108 Å². The third kappa shape index (κ3) is 8.53. The quantitative estimate of drug-likeness (QED) is 0.118. The number of H-pyrrole nitrogens is 1. The first-order chi connectivity index (χ1) is 24.4. The smallest absolute Gasteiger partial charge is 0.407 e. The van der Waals surface area contributed by atoms with E-state index in [1.54, 1.807) is 12.1 Å². The summed E-state index contributed by atoms with van der Waals surface area (Å²) >= 11 is 0. The predicted octanol–water partition coefficient (Wildman–Crippen LogP) is 5.65. The van der Waals surface area contributed by atoms with Crippen molar-refractivity contribution in [3.63, 3.8) is 0 Å². The molecule has 1 fully saturated rings. The summed E-state index contributed by atoms with van der Waals surface area (Å²) in [6.07, 6.45) is 5.78. The summed E-state index contributed by atoms with van der Waals surface area (Å²) in [5.41, 5.74) is 5.95. The summed E-state index contributed by atoms with van der Waals surface area (Å²) in [6.45, 7) is 2.22. The lowest BCUT2D eigenvalue weighted by Crippen LogP contribution is -2.40. The van der Waals surface area contributed by atoms with E-state index in [4.69, 9.17) is 9.72 Å². The monoisotopic (exact) mass is 673 g/mol. The number of alkyl carbamates (subject to hydrolysis) is 1. The lowest BCUT2D eigenvalue weighted by molar-refractivity contribution is -0.123. The van der Waals surface area contributed by atoms with E-state index in [1.807, 2.05) is 66.9 Å². The first-order valence-electron chi connectivity index (χ1n) is 17.1. The van der Waals surface area contributed by atoms with Gasteiger partial charge < -0.3 is 30.6 Å². The highest BCUT2D eigenvalue weighted by molar-refractivity contribution is 5.95. The van der Waals surface area contributed by atoms with Crippen LogP contribution in [-0.4, -0.2) is 77.6 Å². The minimum absolute atomic E-state index is 0.0506. The Morgan fingerprint density at radius 1 is 0.960 bits per heavy atom. The molecule has 4 N–H and O–H groups in total. The number of nitrogens with zero attached hydrogens (tertiary/aromatic N) is 3. The highest BCUT2D eigenvalue weighted by Gasteiger charge is 2.23. The lowest BCUT2D eigenvalue weighted by Gasteiger charge is -2.19. The zero-order chi connectivity index (χ0) is 34.9. The van der Waals surface area contributed by atoms with Crippen LogP contribution >= 0.6 is 0 Å². The Morgan fingerprint density at radius 3 is 2.52 bits per heavy atom. The molecule has 6 rings (SSSR count). The van der Waals surface area contributed by atoms with Crippen molar-refractivity contribution in [2.45, 2.75) is 44.2 Å². The number of benzene rings is 3. The second-order valence-electron chi connectivity index (χ2n) is 12.6. The summed E-state index contributed by atoms with van der Waals surface area (Å²) in [6, 6.07) is 26.5. The largest absolute Gasteiger partial charge is 0.453 e. The molecule has 0 aliphatic carbocycles. The number of aromatic amines is 1. The molecule has 2 aromatic heterocycles. The van der Waals surface area contributed by atoms with Gasteiger partial charge in [0, 0.05) is 47.6 Å². The van der Waals surface area contributed by atoms with Crippen molar-refractivity contribution in [1.29, 1.82) is 0 Å². The van der Waals surface area contributed by atoms with Gasteiger partial charge in [0.2, 0.25) is 5.91 Å². The van der Waals surface area contributed by atoms with Crippen LogP contribution in [0.1, 0.15) is 53.5 Å². The van der Waals surface area contributed by atoms with Gasteiger partial charge in [-0.3, -0.25) is 9.59 Å². The molecular formula is C39H43N7O4. The van der Waals surface area contributed by atoms with Crippen LogP contribution in [0.5, 0.6) is 0 Å². The number of unbranched alkanes of at least 4 members (excludes halogenated alkanes) is 1. The second-order valence-corrected chi connectivity index (χ2v) is 12.6. The minimum atomic E-state index is -0.833. The third-order valence-electron chi connectivity index (χ3n) is 9.22. The number of rotatable bonds is 13. The molecule has 1 aliphatic rings. The predicted molar refractivity (Wildman–Crippen MR) is 193 cm³/mol. The average molecular weight is 674 g/mol. The number of pyridine rings is 1. The molecule has 3 aromatic carbocycles. The van der Waals surface area contributed by atoms with Gasteiger partial charge in [0.05, 0.1) is 30.2 Å². The molecule has 3 amide bonds. The van der Waals surface area contributed by atoms with E-state index in [0.29, 0.717) is 30.3 Å². The maximum atomic E-state index is 12.9. The van der Waals surface area contributed by atoms with Gasteiger partial charge in [-0.05, 0) is 75.2 Å². The lowest BCUT2D eigenvalue weighted by atomic mass is 10.0. The first-order valence-corrected chi connectivity index (χ1v) is 17.1. The van der Waals surface area contributed by atoms with Gasteiger partial charge in [-0.2, -0.15) is 0 Å². The molecule has 5 aromatic rings. The molecule has 0 bridgehead atoms. The molecular weight excluding hydrogens is 630 g/mol. The molecule has 0 radical (unpaired) electrons. The molecule has 11 nitrogen and oxygen atoms in total. The maximum absolute atomic E-state index is 12.9. The van der Waals surface area contributed by atoms with Crippen molar-refractivity contribution >= 4 is 28.8 Å². The van der Waals surface area contributed by atoms with Crippen LogP contribution in [0.4, 0.5) is 4.79 Å². The number of aryl methyl sites for hydroxylation is 1. The fourth-order valence-electron chi connectivity index (χ4n) is 6.29. The minimum Gasteiger partial charge on any atom is -0.453 e. The highest BCUT2D eigenvalue weighted by Crippen LogP contribution is 2.26. The number of nitrogens with one attached hydrogen (secondary N) is 4. The molecule has 0 spiro atoms. The Kier molecular flexibility index (Phi) is 11.1. The number of likely N-dealkylation sites (tertiary alicyclic amines) is 1. The zero-order valence-electron chi connectivity index (χ0n) is 28.4. The molecule has 11 heteroatoms. The molecule has 3 heterocycles. The van der Waals surface area contributed by atoms with Crippen LogP contribution < -0.4 is 16.0 Å². The standard InChI is InChI=1S/C39H43N7O4/c1-46-22-8-11-31(46)24-42-37(47)28-15-13-26(14-16-28)32-19-17-29-23-30(18-20-33(29)43-32)34-25-41-35(44-34)12-6-7-21-40-38(48)36(45-39(49)50-2)27-9-4-3-5-10-27/h3-5,9-10,13-20,23,25,31,36H,6-8,11-12,21-22,24H2,1-2H3,(H,40,48)(H,41,44)(H,42,47)(H,45,49).